The predicted octanol–water partition coefficient (Wildman–Crippen LogP) is 5.65. The Hall–Kier alpha value is -5.14. The van der Waals surface area contributed by atoms with Crippen LogP contribution in [0, 0.1) is 0 Å². The Morgan fingerprint density at radius 1 is 0.582 bits per heavy atom. The van der Waals surface area contributed by atoms with Crippen molar-refractivity contribution in [3.8, 4) is 0 Å². The van der Waals surface area contributed by atoms with E-state index in [4.69, 9.17) is 18.9 Å². The number of ether oxygens (including phenoxy) is 4. The Morgan fingerprint density at radius 3 is 1.58 bits per heavy atom. The summed E-state index contributed by atoms with van der Waals surface area (Å²) in [4.78, 5) is 77.8. The minimum atomic E-state index is -1.21. The van der Waals surface area contributed by atoms with Gasteiger partial charge < -0.3 is 40.2 Å². The van der Waals surface area contributed by atoms with Crippen LogP contribution in [0.1, 0.15) is 106 Å². The second-order valence-electron chi connectivity index (χ2n) is 16.2. The molecule has 0 bridgehead atoms. The Labute approximate surface area is 325 Å². The van der Waals surface area contributed by atoms with Gasteiger partial charge in [0.2, 0.25) is 5.91 Å². The van der Waals surface area contributed by atoms with E-state index in [0.717, 1.165) is 11.1 Å². The fraction of sp³-hybridized carbons (Fsp3) is 0.561. The number of unbranched alkanes of at least 4 members (excludes halogenated alkanes) is 1. The summed E-state index contributed by atoms with van der Waals surface area (Å²) in [5.41, 5.74) is -0.799. The molecule has 3 atom stereocenters. The van der Waals surface area contributed by atoms with Gasteiger partial charge in [0.15, 0.2) is 0 Å². The van der Waals surface area contributed by atoms with Crippen LogP contribution in [-0.4, -0.2) is 77.4 Å². The van der Waals surface area contributed by atoms with E-state index < -0.39 is 70.9 Å². The SMILES string of the molecule is CC(C)(C)OC(=O)CC[C@H](NC(=O)N[C@@H](CCCCNC(=O)[C@H](Cc1ccccc1)NC(=O)OCc1ccccc1)C(=O)OC(C)(C)C)C(=O)OC(C)(C)C. The molecule has 0 saturated carbocycles. The predicted molar refractivity (Wildman–Crippen MR) is 207 cm³/mol. The highest BCUT2D eigenvalue weighted by Gasteiger charge is 2.31. The Kier molecular flexibility index (Phi) is 18.1. The van der Waals surface area contributed by atoms with Crippen LogP contribution in [0.3, 0.4) is 0 Å². The van der Waals surface area contributed by atoms with Gasteiger partial charge in [0, 0.05) is 19.4 Å². The van der Waals surface area contributed by atoms with Crippen molar-refractivity contribution in [3.05, 3.63) is 71.8 Å². The first-order valence-electron chi connectivity index (χ1n) is 18.6. The molecule has 4 amide bonds. The molecule has 0 fully saturated rings. The van der Waals surface area contributed by atoms with E-state index in [0.29, 0.717) is 12.8 Å². The lowest BCUT2D eigenvalue weighted by molar-refractivity contribution is -0.159. The molecule has 4 N–H and O–H groups in total. The maximum atomic E-state index is 13.3. The molecule has 2 aromatic rings. The van der Waals surface area contributed by atoms with Crippen LogP contribution >= 0.6 is 0 Å². The molecule has 0 heterocycles. The van der Waals surface area contributed by atoms with Gasteiger partial charge in [-0.25, -0.2) is 19.2 Å². The third-order valence-electron chi connectivity index (χ3n) is 7.37. The monoisotopic (exact) mass is 768 g/mol. The van der Waals surface area contributed by atoms with Crippen LogP contribution in [0.4, 0.5) is 9.59 Å². The standard InChI is InChI=1S/C41H60N4O10/c1-39(2,3)53-33(46)24-23-31(36(49)55-41(7,8)9)44-37(50)43-30(35(48)54-40(4,5)6)22-16-17-25-42-34(47)32(26-28-18-12-10-13-19-28)45-38(51)52-27-29-20-14-11-15-21-29/h10-15,18-21,30-32H,16-17,22-27H2,1-9H3,(H,42,47)(H,45,51)(H2,43,44,50)/t30-,31-,32-/m0/s1. The molecule has 0 aliphatic carbocycles. The van der Waals surface area contributed by atoms with Crippen molar-refractivity contribution < 1.29 is 47.7 Å². The second kappa shape index (κ2) is 21.7. The molecular formula is C41H60N4O10. The Morgan fingerprint density at radius 2 is 1.07 bits per heavy atom. The fourth-order valence-electron chi connectivity index (χ4n) is 5.03. The maximum absolute atomic E-state index is 13.3. The molecular weight excluding hydrogens is 708 g/mol. The minimum absolute atomic E-state index is 0.0466. The van der Waals surface area contributed by atoms with E-state index in [1.54, 1.807) is 62.3 Å². The molecule has 0 saturated heterocycles. The molecule has 0 spiro atoms. The summed E-state index contributed by atoms with van der Waals surface area (Å²) in [6.45, 7) is 15.6. The van der Waals surface area contributed by atoms with Gasteiger partial charge in [0.05, 0.1) is 0 Å². The van der Waals surface area contributed by atoms with Crippen molar-refractivity contribution in [1.82, 2.24) is 21.3 Å². The van der Waals surface area contributed by atoms with Crippen LogP contribution < -0.4 is 21.3 Å². The molecule has 2 aromatic carbocycles. The van der Waals surface area contributed by atoms with Crippen molar-refractivity contribution >= 4 is 35.9 Å². The zero-order chi connectivity index (χ0) is 41.2. The van der Waals surface area contributed by atoms with Crippen molar-refractivity contribution in [3.63, 3.8) is 0 Å². The summed E-state index contributed by atoms with van der Waals surface area (Å²) < 4.78 is 21.7. The highest BCUT2D eigenvalue weighted by atomic mass is 16.6. The number of amides is 4. The van der Waals surface area contributed by atoms with Crippen molar-refractivity contribution in [2.24, 2.45) is 0 Å². The van der Waals surface area contributed by atoms with Gasteiger partial charge in [-0.05, 0) is 99.1 Å². The number of alkyl carbamates (subject to hydrolysis) is 1. The number of esters is 3. The average Bonchev–Trinajstić information content (AvgIpc) is 3.06. The van der Waals surface area contributed by atoms with Gasteiger partial charge in [-0.1, -0.05) is 60.7 Å². The summed E-state index contributed by atoms with van der Waals surface area (Å²) in [6.07, 6.45) is 0.177. The number of rotatable bonds is 18. The fourth-order valence-corrected chi connectivity index (χ4v) is 5.03. The number of benzene rings is 2. The maximum Gasteiger partial charge on any atom is 0.408 e. The van der Waals surface area contributed by atoms with E-state index in [9.17, 15) is 28.8 Å². The molecule has 0 unspecified atom stereocenters. The number of nitrogens with one attached hydrogen (secondary N) is 4. The van der Waals surface area contributed by atoms with Crippen molar-refractivity contribution in [2.45, 2.75) is 142 Å². The minimum Gasteiger partial charge on any atom is -0.460 e. The van der Waals surface area contributed by atoms with Gasteiger partial charge in [-0.15, -0.1) is 0 Å². The summed E-state index contributed by atoms with van der Waals surface area (Å²) in [6, 6.07) is 14.4. The molecule has 0 radical (unpaired) electrons. The number of carbonyl (C=O) groups excluding carboxylic acids is 6. The average molecular weight is 769 g/mol. The number of hydrogen-bond acceptors (Lipinski definition) is 10. The van der Waals surface area contributed by atoms with Crippen LogP contribution in [0.2, 0.25) is 0 Å². The van der Waals surface area contributed by atoms with Gasteiger partial charge in [0.1, 0.15) is 41.5 Å². The third kappa shape index (κ3) is 20.8. The van der Waals surface area contributed by atoms with Gasteiger partial charge in [0.25, 0.3) is 0 Å². The van der Waals surface area contributed by atoms with Crippen LogP contribution in [-0.2, 0) is 51.2 Å². The topological polar surface area (TPSA) is 187 Å². The highest BCUT2D eigenvalue weighted by molar-refractivity contribution is 5.88. The largest absolute Gasteiger partial charge is 0.460 e. The lowest BCUT2D eigenvalue weighted by Gasteiger charge is -2.27. The lowest BCUT2D eigenvalue weighted by atomic mass is 10.1. The molecule has 0 aromatic heterocycles. The molecule has 14 heteroatoms. The smallest absolute Gasteiger partial charge is 0.408 e. The lowest BCUT2D eigenvalue weighted by Crippen LogP contribution is -2.53. The highest BCUT2D eigenvalue weighted by Crippen LogP contribution is 2.15. The van der Waals surface area contributed by atoms with Crippen LogP contribution in [0.25, 0.3) is 0 Å². The molecule has 0 aliphatic rings. The zero-order valence-corrected chi connectivity index (χ0v) is 33.7. The van der Waals surface area contributed by atoms with E-state index in [1.165, 1.54) is 0 Å². The number of carbonyl (C=O) groups is 6. The van der Waals surface area contributed by atoms with Crippen molar-refractivity contribution in [1.29, 1.82) is 0 Å². The Balaban J connectivity index is 2.04. The summed E-state index contributed by atoms with van der Waals surface area (Å²) >= 11 is 0. The first-order valence-corrected chi connectivity index (χ1v) is 18.6. The quantitative estimate of drug-likeness (QED) is 0.0839. The van der Waals surface area contributed by atoms with Crippen LogP contribution in [0.5, 0.6) is 0 Å². The van der Waals surface area contributed by atoms with Gasteiger partial charge >= 0.3 is 30.0 Å². The third-order valence-corrected chi connectivity index (χ3v) is 7.37. The van der Waals surface area contributed by atoms with E-state index in [2.05, 4.69) is 21.3 Å². The normalized spacial score (nSPS) is 13.3. The van der Waals surface area contributed by atoms with Crippen LogP contribution in [0.15, 0.2) is 60.7 Å². The van der Waals surface area contributed by atoms with E-state index >= 15 is 0 Å². The van der Waals surface area contributed by atoms with E-state index in [1.807, 2.05) is 60.7 Å². The van der Waals surface area contributed by atoms with Crippen molar-refractivity contribution in [2.75, 3.05) is 6.54 Å². The molecule has 304 valence electrons. The summed E-state index contributed by atoms with van der Waals surface area (Å²) in [7, 11) is 0. The van der Waals surface area contributed by atoms with E-state index in [-0.39, 0.29) is 38.8 Å². The van der Waals surface area contributed by atoms with Gasteiger partial charge in [-0.2, -0.15) is 0 Å². The molecule has 0 aliphatic heterocycles. The van der Waals surface area contributed by atoms with Gasteiger partial charge in [-0.3, -0.25) is 9.59 Å². The number of hydrogen-bond donors (Lipinski definition) is 4. The summed E-state index contributed by atoms with van der Waals surface area (Å²) in [5.74, 6) is -2.40. The zero-order valence-electron chi connectivity index (χ0n) is 33.7. The molecule has 14 nitrogen and oxygen atoms in total. The molecule has 2 rings (SSSR count). The first kappa shape index (κ1) is 46.0. The Bertz CT molecular complexity index is 1550. The first-order chi connectivity index (χ1) is 25.6. The second-order valence-corrected chi connectivity index (χ2v) is 16.2. The molecule has 55 heavy (non-hydrogen) atoms. The summed E-state index contributed by atoms with van der Waals surface area (Å²) in [5, 5.41) is 10.7. The number of urea groups is 1.